The molecule has 0 aliphatic rings. The second kappa shape index (κ2) is 39.0. The quantitative estimate of drug-likeness (QED) is 0.0495. The Labute approximate surface area is 358 Å². The van der Waals surface area contributed by atoms with Gasteiger partial charge >= 0.3 is 79.4 Å². The molecule has 0 heterocycles. The third kappa shape index (κ3) is 51.8. The summed E-state index contributed by atoms with van der Waals surface area (Å²) in [5, 5.41) is 86.1. The zero-order chi connectivity index (χ0) is 46.0. The predicted octanol–water partition coefficient (Wildman–Crippen LogP) is -5.22. The van der Waals surface area contributed by atoms with E-state index < -0.39 is 44.4 Å². The van der Waals surface area contributed by atoms with Gasteiger partial charge in [-0.15, -0.1) is 0 Å². The first kappa shape index (κ1) is 62.5. The molecule has 4 aromatic rings. The number of hydrogen-bond acceptors (Lipinski definition) is 12. The van der Waals surface area contributed by atoms with E-state index >= 15 is 0 Å². The van der Waals surface area contributed by atoms with Crippen molar-refractivity contribution >= 4 is 44.4 Å². The third-order valence-electron chi connectivity index (χ3n) is 5.53. The highest BCUT2D eigenvalue weighted by Gasteiger charge is 2.16. The minimum absolute atomic E-state index is 0.0167. The standard InChI is InChI=1S/2C16H18I.5BFH2O2.BFO2/c2*1-12(2)14-6-10-16(11-7-14)17-15-8-4-13(3)5-9-15;6*2-1(3)4/h2*4-12H,1-3H3;5*3-4H;/q2*+1;;;;;;-2. The SMILES string of the molecule is Cc1ccc([I+]c2ccc(C(C)C)cc2)cc1.Cc1ccc([I+]c2ccc(C(C)C)cc2)cc1.OB(O)F.OB(O)F.OB(O)F.OB(O)F.OB(O)F.[O-]B([O-])F. The summed E-state index contributed by atoms with van der Waals surface area (Å²) in [5.74, 6) is 1.25. The molecule has 0 radical (unpaired) electrons. The van der Waals surface area contributed by atoms with E-state index in [1.807, 2.05) is 0 Å². The first-order valence-electron chi connectivity index (χ1n) is 16.3. The van der Waals surface area contributed by atoms with Gasteiger partial charge in [0.2, 0.25) is 0 Å². The number of aryl methyl sites for hydroxylation is 2. The van der Waals surface area contributed by atoms with Crippen molar-refractivity contribution in [2.24, 2.45) is 0 Å². The van der Waals surface area contributed by atoms with E-state index in [1.54, 1.807) is 0 Å². The number of hydrogen-bond donors (Lipinski definition) is 10. The van der Waals surface area contributed by atoms with Crippen LogP contribution in [0.5, 0.6) is 0 Å². The fourth-order valence-electron chi connectivity index (χ4n) is 3.27. The van der Waals surface area contributed by atoms with Gasteiger partial charge in [0.15, 0.2) is 14.3 Å². The fraction of sp³-hybridized carbons (Fsp3) is 0.250. The summed E-state index contributed by atoms with van der Waals surface area (Å²) < 4.78 is 66.4. The van der Waals surface area contributed by atoms with Crippen molar-refractivity contribution in [3.05, 3.63) is 134 Å². The monoisotopic (exact) mass is 1060 g/mol. The van der Waals surface area contributed by atoms with Gasteiger partial charge in [0.25, 0.3) is 0 Å². The van der Waals surface area contributed by atoms with Crippen LogP contribution in [0.2, 0.25) is 0 Å². The van der Waals surface area contributed by atoms with Crippen LogP contribution in [0.25, 0.3) is 0 Å². The normalized spacial score (nSPS) is 9.14. The van der Waals surface area contributed by atoms with Crippen LogP contribution in [0.15, 0.2) is 97.1 Å². The predicted molar refractivity (Wildman–Crippen MR) is 202 cm³/mol. The van der Waals surface area contributed by atoms with Crippen LogP contribution in [0.1, 0.15) is 61.8 Å². The molecule has 0 spiro atoms. The van der Waals surface area contributed by atoms with Crippen molar-refractivity contribution in [1.29, 1.82) is 0 Å². The Morgan fingerprint density at radius 1 is 0.379 bits per heavy atom. The lowest BCUT2D eigenvalue weighted by Crippen LogP contribution is -3.61. The number of benzene rings is 4. The van der Waals surface area contributed by atoms with E-state index in [4.69, 9.17) is 60.3 Å². The maximum absolute atomic E-state index is 10.1. The molecular formula is C32H46B6F6I2O12. The molecule has 26 heteroatoms. The summed E-state index contributed by atoms with van der Waals surface area (Å²) in [5.41, 5.74) is 5.55. The first-order chi connectivity index (χ1) is 26.7. The smallest absolute Gasteiger partial charge is 0.674 e. The van der Waals surface area contributed by atoms with Crippen molar-refractivity contribution in [3.63, 3.8) is 0 Å². The van der Waals surface area contributed by atoms with E-state index in [2.05, 4.69) is 139 Å². The Bertz CT molecular complexity index is 1340. The molecule has 4 aromatic carbocycles. The van der Waals surface area contributed by atoms with E-state index in [-0.39, 0.29) is 42.4 Å². The second-order valence-corrected chi connectivity index (χ2v) is 17.1. The van der Waals surface area contributed by atoms with Crippen LogP contribution in [-0.4, -0.2) is 94.6 Å². The Morgan fingerprint density at radius 2 is 0.517 bits per heavy atom. The van der Waals surface area contributed by atoms with Gasteiger partial charge in [-0.1, -0.05) is 87.4 Å². The zero-order valence-corrected chi connectivity index (χ0v) is 36.5. The van der Waals surface area contributed by atoms with Gasteiger partial charge in [0, 0.05) is 0 Å². The Kier molecular flexibility index (Phi) is 42.0. The molecule has 0 aliphatic heterocycles. The molecular weight excluding hydrogens is 1010 g/mol. The summed E-state index contributed by atoms with van der Waals surface area (Å²) in [6, 6.07) is 36.1. The van der Waals surface area contributed by atoms with Gasteiger partial charge in [0.1, 0.15) is 7.40 Å². The lowest BCUT2D eigenvalue weighted by molar-refractivity contribution is -0.597. The summed E-state index contributed by atoms with van der Waals surface area (Å²) in [7, 11) is -16.5. The molecule has 0 unspecified atom stereocenters. The summed E-state index contributed by atoms with van der Waals surface area (Å²) in [6.45, 7) is 13.2. The Balaban J connectivity index is -0.000000327. The van der Waals surface area contributed by atoms with Gasteiger partial charge in [-0.25, -0.2) is 0 Å². The molecule has 320 valence electrons. The number of halogens is 8. The van der Waals surface area contributed by atoms with Crippen molar-refractivity contribution in [2.45, 2.75) is 53.4 Å². The highest BCUT2D eigenvalue weighted by atomic mass is 127. The molecule has 0 aromatic heterocycles. The summed E-state index contributed by atoms with van der Waals surface area (Å²) in [6.07, 6.45) is 0. The molecule has 0 aliphatic carbocycles. The molecule has 4 rings (SSSR count). The van der Waals surface area contributed by atoms with Crippen LogP contribution < -0.4 is 52.5 Å². The molecule has 0 fully saturated rings. The van der Waals surface area contributed by atoms with Crippen molar-refractivity contribution < 1.29 is 129 Å². The van der Waals surface area contributed by atoms with Gasteiger partial charge < -0.3 is 64.6 Å². The van der Waals surface area contributed by atoms with Crippen LogP contribution in [0, 0.1) is 28.1 Å². The van der Waals surface area contributed by atoms with E-state index in [0.717, 1.165) is 0 Å². The maximum atomic E-state index is 10.1. The highest BCUT2D eigenvalue weighted by molar-refractivity contribution is 6.32. The summed E-state index contributed by atoms with van der Waals surface area (Å²) >= 11 is -0.0334. The Hall–Kier alpha value is -2.17. The zero-order valence-electron chi connectivity index (χ0n) is 32.2. The van der Waals surface area contributed by atoms with E-state index in [9.17, 15) is 25.9 Å². The largest absolute Gasteiger partial charge is 0.867 e. The van der Waals surface area contributed by atoms with Gasteiger partial charge in [0.05, 0.1) is 0 Å². The molecule has 10 N–H and O–H groups in total. The molecule has 58 heavy (non-hydrogen) atoms. The average molecular weight is 1060 g/mol. The molecule has 0 saturated heterocycles. The van der Waals surface area contributed by atoms with Crippen molar-refractivity contribution in [2.75, 3.05) is 0 Å². The van der Waals surface area contributed by atoms with Gasteiger partial charge in [-0.2, -0.15) is 0 Å². The first-order valence-corrected chi connectivity index (χ1v) is 20.6. The third-order valence-corrected chi connectivity index (χ3v) is 10.9. The average Bonchev–Trinajstić information content (AvgIpc) is 3.06. The van der Waals surface area contributed by atoms with Crippen LogP contribution in [0.3, 0.4) is 0 Å². The summed E-state index contributed by atoms with van der Waals surface area (Å²) in [4.78, 5) is 0. The van der Waals surface area contributed by atoms with Gasteiger partial charge in [-0.3, -0.25) is 21.6 Å². The minimum Gasteiger partial charge on any atom is -0.867 e. The molecule has 0 amide bonds. The Morgan fingerprint density at radius 3 is 0.655 bits per heavy atom. The topological polar surface area (TPSA) is 248 Å². The maximum Gasteiger partial charge on any atom is 0.674 e. The van der Waals surface area contributed by atoms with Crippen LogP contribution >= 0.6 is 0 Å². The minimum atomic E-state index is -3.17. The molecule has 0 atom stereocenters. The van der Waals surface area contributed by atoms with Crippen molar-refractivity contribution in [1.82, 2.24) is 0 Å². The van der Waals surface area contributed by atoms with Gasteiger partial charge in [-0.05, 0) is 85.3 Å². The van der Waals surface area contributed by atoms with Crippen molar-refractivity contribution in [3.8, 4) is 0 Å². The number of rotatable bonds is 6. The van der Waals surface area contributed by atoms with Crippen LogP contribution in [0.4, 0.5) is 25.9 Å². The second-order valence-electron chi connectivity index (χ2n) is 11.0. The van der Waals surface area contributed by atoms with Crippen LogP contribution in [-0.2, 0) is 0 Å². The highest BCUT2D eigenvalue weighted by Crippen LogP contribution is 2.13. The van der Waals surface area contributed by atoms with E-state index in [1.165, 1.54) is 36.5 Å². The lowest BCUT2D eigenvalue weighted by atomic mass is 10.0. The van der Waals surface area contributed by atoms with E-state index in [0.29, 0.717) is 11.8 Å². The molecule has 0 saturated carbocycles. The fourth-order valence-corrected chi connectivity index (χ4v) is 7.58. The molecule has 12 nitrogen and oxygen atoms in total. The molecule has 0 bridgehead atoms. The lowest BCUT2D eigenvalue weighted by Gasteiger charge is -2.09.